The summed E-state index contributed by atoms with van der Waals surface area (Å²) in [6.45, 7) is 0.0496. The third-order valence-corrected chi connectivity index (χ3v) is 5.08. The van der Waals surface area contributed by atoms with Gasteiger partial charge in [0.1, 0.15) is 12.4 Å². The maximum atomic E-state index is 11.9. The predicted octanol–water partition coefficient (Wildman–Crippen LogP) is 5.76. The fraction of sp³-hybridized carbons (Fsp3) is 0.130. The monoisotopic (exact) mass is 492 g/mol. The molecule has 0 atom stereocenters. The lowest BCUT2D eigenvalue weighted by molar-refractivity contribution is -0.123. The lowest BCUT2D eigenvalue weighted by Gasteiger charge is -2.12. The van der Waals surface area contributed by atoms with Crippen LogP contribution in [-0.4, -0.2) is 25.8 Å². The van der Waals surface area contributed by atoms with E-state index in [1.165, 1.54) is 12.3 Å². The number of benzene rings is 3. The summed E-state index contributed by atoms with van der Waals surface area (Å²) in [6, 6.07) is 17.5. The molecule has 9 heteroatoms. The Labute approximate surface area is 200 Å². The van der Waals surface area contributed by atoms with E-state index in [9.17, 15) is 4.79 Å². The second-order valence-electron chi connectivity index (χ2n) is 6.45. The van der Waals surface area contributed by atoms with Crippen LogP contribution >= 0.6 is 34.8 Å². The third-order valence-electron chi connectivity index (χ3n) is 4.18. The van der Waals surface area contributed by atoms with Crippen LogP contribution in [0.2, 0.25) is 15.1 Å². The molecule has 0 saturated carbocycles. The molecule has 1 amide bonds. The van der Waals surface area contributed by atoms with Crippen molar-refractivity contribution in [2.75, 3.05) is 13.7 Å². The molecular formula is C23H19Cl3N2O4. The summed E-state index contributed by atoms with van der Waals surface area (Å²) < 4.78 is 16.6. The SMILES string of the molecule is COc1cc(/C=N/NC(=O)COc2ccc(Cl)cc2Cl)ccc1OCc1ccccc1Cl. The molecule has 6 nitrogen and oxygen atoms in total. The molecule has 3 rings (SSSR count). The molecular weight excluding hydrogens is 475 g/mol. The van der Waals surface area contributed by atoms with Gasteiger partial charge in [-0.15, -0.1) is 0 Å². The van der Waals surface area contributed by atoms with E-state index in [-0.39, 0.29) is 6.61 Å². The Kier molecular flexibility index (Phi) is 8.62. The van der Waals surface area contributed by atoms with Gasteiger partial charge in [-0.3, -0.25) is 4.79 Å². The van der Waals surface area contributed by atoms with Crippen LogP contribution < -0.4 is 19.6 Å². The Morgan fingerprint density at radius 1 is 0.938 bits per heavy atom. The molecule has 0 aliphatic carbocycles. The molecule has 0 fully saturated rings. The van der Waals surface area contributed by atoms with E-state index in [1.54, 1.807) is 43.5 Å². The highest BCUT2D eigenvalue weighted by molar-refractivity contribution is 6.35. The number of halogens is 3. The van der Waals surface area contributed by atoms with E-state index in [0.29, 0.717) is 44.5 Å². The molecule has 3 aromatic rings. The van der Waals surface area contributed by atoms with Crippen molar-refractivity contribution < 1.29 is 19.0 Å². The van der Waals surface area contributed by atoms with Gasteiger partial charge in [-0.2, -0.15) is 5.10 Å². The summed E-state index contributed by atoms with van der Waals surface area (Å²) in [7, 11) is 1.54. The third kappa shape index (κ3) is 6.79. The minimum Gasteiger partial charge on any atom is -0.493 e. The zero-order valence-corrected chi connectivity index (χ0v) is 19.2. The minimum atomic E-state index is -0.445. The van der Waals surface area contributed by atoms with E-state index < -0.39 is 5.91 Å². The van der Waals surface area contributed by atoms with Gasteiger partial charge in [0.25, 0.3) is 5.91 Å². The molecule has 166 valence electrons. The summed E-state index contributed by atoms with van der Waals surface area (Å²) in [5.74, 6) is 0.987. The molecule has 0 aromatic heterocycles. The summed E-state index contributed by atoms with van der Waals surface area (Å²) in [5, 5.41) is 5.36. The van der Waals surface area contributed by atoms with Gasteiger partial charge in [-0.25, -0.2) is 5.43 Å². The quantitative estimate of drug-likeness (QED) is 0.304. The molecule has 1 N–H and O–H groups in total. The number of methoxy groups -OCH3 is 1. The van der Waals surface area contributed by atoms with Crippen LogP contribution in [0, 0.1) is 0 Å². The van der Waals surface area contributed by atoms with Crippen molar-refractivity contribution in [2.24, 2.45) is 5.10 Å². The van der Waals surface area contributed by atoms with Crippen molar-refractivity contribution in [1.29, 1.82) is 0 Å². The summed E-state index contributed by atoms with van der Waals surface area (Å²) in [4.78, 5) is 11.9. The highest BCUT2D eigenvalue weighted by Crippen LogP contribution is 2.29. The average Bonchev–Trinajstić information content (AvgIpc) is 2.78. The topological polar surface area (TPSA) is 69.2 Å². The van der Waals surface area contributed by atoms with Gasteiger partial charge >= 0.3 is 0 Å². The highest BCUT2D eigenvalue weighted by Gasteiger charge is 2.08. The smallest absolute Gasteiger partial charge is 0.277 e. The Bertz CT molecular complexity index is 1120. The van der Waals surface area contributed by atoms with Crippen molar-refractivity contribution in [3.8, 4) is 17.2 Å². The second kappa shape index (κ2) is 11.6. The van der Waals surface area contributed by atoms with E-state index in [1.807, 2.05) is 18.2 Å². The van der Waals surface area contributed by atoms with Gasteiger partial charge in [0.05, 0.1) is 18.3 Å². The zero-order valence-electron chi connectivity index (χ0n) is 17.0. The highest BCUT2D eigenvalue weighted by atomic mass is 35.5. The first-order valence-corrected chi connectivity index (χ1v) is 10.5. The number of nitrogens with one attached hydrogen (secondary N) is 1. The van der Waals surface area contributed by atoms with Crippen LogP contribution in [-0.2, 0) is 11.4 Å². The number of hydrazone groups is 1. The Morgan fingerprint density at radius 3 is 2.47 bits per heavy atom. The minimum absolute atomic E-state index is 0.253. The number of hydrogen-bond donors (Lipinski definition) is 1. The van der Waals surface area contributed by atoms with Crippen LogP contribution in [0.4, 0.5) is 0 Å². The largest absolute Gasteiger partial charge is 0.493 e. The molecule has 0 aliphatic rings. The molecule has 0 aliphatic heterocycles. The summed E-state index contributed by atoms with van der Waals surface area (Å²) in [6.07, 6.45) is 1.48. The maximum absolute atomic E-state index is 11.9. The van der Waals surface area contributed by atoms with Crippen LogP contribution in [0.25, 0.3) is 0 Å². The number of hydrogen-bond acceptors (Lipinski definition) is 5. The Balaban J connectivity index is 1.53. The summed E-state index contributed by atoms with van der Waals surface area (Å²) >= 11 is 18.0. The van der Waals surface area contributed by atoms with E-state index in [0.717, 1.165) is 5.56 Å². The van der Waals surface area contributed by atoms with Crippen molar-refractivity contribution in [3.05, 3.63) is 86.9 Å². The normalized spacial score (nSPS) is 10.8. The van der Waals surface area contributed by atoms with Crippen LogP contribution in [0.3, 0.4) is 0 Å². The molecule has 32 heavy (non-hydrogen) atoms. The number of ether oxygens (including phenoxy) is 3. The fourth-order valence-electron chi connectivity index (χ4n) is 2.60. The molecule has 3 aromatic carbocycles. The molecule has 0 heterocycles. The molecule has 0 unspecified atom stereocenters. The maximum Gasteiger partial charge on any atom is 0.277 e. The van der Waals surface area contributed by atoms with Gasteiger partial charge in [-0.1, -0.05) is 53.0 Å². The van der Waals surface area contributed by atoms with Crippen molar-refractivity contribution in [2.45, 2.75) is 6.61 Å². The van der Waals surface area contributed by atoms with Gasteiger partial charge < -0.3 is 14.2 Å². The lowest BCUT2D eigenvalue weighted by Crippen LogP contribution is -2.24. The number of rotatable bonds is 9. The van der Waals surface area contributed by atoms with Crippen LogP contribution in [0.5, 0.6) is 17.2 Å². The van der Waals surface area contributed by atoms with Gasteiger partial charge in [0.2, 0.25) is 0 Å². The van der Waals surface area contributed by atoms with Crippen molar-refractivity contribution in [1.82, 2.24) is 5.43 Å². The first-order chi connectivity index (χ1) is 15.5. The first kappa shape index (κ1) is 23.7. The molecule has 0 bridgehead atoms. The summed E-state index contributed by atoms with van der Waals surface area (Å²) in [5.41, 5.74) is 3.96. The van der Waals surface area contributed by atoms with Gasteiger partial charge in [-0.05, 0) is 48.0 Å². The van der Waals surface area contributed by atoms with Gasteiger partial charge in [0.15, 0.2) is 18.1 Å². The predicted molar refractivity (Wildman–Crippen MR) is 126 cm³/mol. The van der Waals surface area contributed by atoms with E-state index >= 15 is 0 Å². The molecule has 0 radical (unpaired) electrons. The Morgan fingerprint density at radius 2 is 1.72 bits per heavy atom. The van der Waals surface area contributed by atoms with Crippen molar-refractivity contribution in [3.63, 3.8) is 0 Å². The number of nitrogens with zero attached hydrogens (tertiary/aromatic N) is 1. The first-order valence-electron chi connectivity index (χ1n) is 9.40. The lowest BCUT2D eigenvalue weighted by atomic mass is 10.2. The van der Waals surface area contributed by atoms with Gasteiger partial charge in [0, 0.05) is 15.6 Å². The zero-order chi connectivity index (χ0) is 22.9. The van der Waals surface area contributed by atoms with Crippen LogP contribution in [0.15, 0.2) is 65.8 Å². The number of carbonyl (C=O) groups is 1. The van der Waals surface area contributed by atoms with E-state index in [2.05, 4.69) is 10.5 Å². The second-order valence-corrected chi connectivity index (χ2v) is 7.70. The van der Waals surface area contributed by atoms with Crippen LogP contribution in [0.1, 0.15) is 11.1 Å². The van der Waals surface area contributed by atoms with Crippen molar-refractivity contribution >= 4 is 46.9 Å². The number of amides is 1. The average molecular weight is 494 g/mol. The standard InChI is InChI=1S/C23H19Cl3N2O4/c1-30-22-10-15(6-8-21(22)31-13-16-4-2-3-5-18(16)25)12-27-28-23(29)14-32-20-9-7-17(24)11-19(20)26/h2-12H,13-14H2,1H3,(H,28,29)/b27-12+. The number of carbonyl (C=O) groups excluding carboxylic acids is 1. The molecule has 0 saturated heterocycles. The molecule has 0 spiro atoms. The Hall–Kier alpha value is -2.93. The van der Waals surface area contributed by atoms with E-state index in [4.69, 9.17) is 49.0 Å². The fourth-order valence-corrected chi connectivity index (χ4v) is 3.25.